The van der Waals surface area contributed by atoms with Crippen molar-refractivity contribution < 1.29 is 14.4 Å². The number of carbonyl (C=O) groups is 3. The first kappa shape index (κ1) is 17.5. The van der Waals surface area contributed by atoms with Gasteiger partial charge in [-0.05, 0) is 37.2 Å². The zero-order valence-electron chi connectivity index (χ0n) is 14.4. The standard InChI is InChI=1S/C19H25N3O3/c23-17-10-11-18(24)22(17)13-12-20-19(25)21-16-8-6-15(7-9-16)14-4-2-1-3-5-14/h1-5,15-16H,6-13H2,(H2,20,21,25). The minimum Gasteiger partial charge on any atom is -0.336 e. The molecule has 0 spiro atoms. The van der Waals surface area contributed by atoms with Crippen LogP contribution in [0.2, 0.25) is 0 Å². The van der Waals surface area contributed by atoms with Gasteiger partial charge < -0.3 is 10.6 Å². The summed E-state index contributed by atoms with van der Waals surface area (Å²) in [7, 11) is 0. The predicted molar refractivity (Wildman–Crippen MR) is 93.9 cm³/mol. The Labute approximate surface area is 148 Å². The van der Waals surface area contributed by atoms with Gasteiger partial charge in [-0.15, -0.1) is 0 Å². The third-order valence-corrected chi connectivity index (χ3v) is 5.11. The zero-order valence-corrected chi connectivity index (χ0v) is 14.4. The Morgan fingerprint density at radius 3 is 2.28 bits per heavy atom. The highest BCUT2D eigenvalue weighted by Gasteiger charge is 2.28. The lowest BCUT2D eigenvalue weighted by Crippen LogP contribution is -2.46. The number of hydrogen-bond acceptors (Lipinski definition) is 3. The molecule has 6 nitrogen and oxygen atoms in total. The molecule has 1 aliphatic carbocycles. The fourth-order valence-electron chi connectivity index (χ4n) is 3.69. The number of nitrogens with zero attached hydrogens (tertiary/aromatic N) is 1. The molecular formula is C19H25N3O3. The molecule has 2 aliphatic rings. The van der Waals surface area contributed by atoms with Gasteiger partial charge in [0, 0.05) is 32.0 Å². The van der Waals surface area contributed by atoms with Crippen molar-refractivity contribution in [3.63, 3.8) is 0 Å². The van der Waals surface area contributed by atoms with Crippen molar-refractivity contribution in [2.45, 2.75) is 50.5 Å². The molecule has 0 radical (unpaired) electrons. The van der Waals surface area contributed by atoms with Crippen LogP contribution in [-0.4, -0.2) is 41.9 Å². The van der Waals surface area contributed by atoms with E-state index in [1.807, 2.05) is 6.07 Å². The van der Waals surface area contributed by atoms with Crippen LogP contribution in [0.1, 0.15) is 50.0 Å². The van der Waals surface area contributed by atoms with E-state index < -0.39 is 0 Å². The van der Waals surface area contributed by atoms with E-state index in [0.717, 1.165) is 25.7 Å². The Bertz CT molecular complexity index is 608. The highest BCUT2D eigenvalue weighted by atomic mass is 16.2. The molecule has 134 valence electrons. The van der Waals surface area contributed by atoms with Crippen LogP contribution in [0.3, 0.4) is 0 Å². The maximum Gasteiger partial charge on any atom is 0.315 e. The Morgan fingerprint density at radius 2 is 1.64 bits per heavy atom. The van der Waals surface area contributed by atoms with Crippen LogP contribution >= 0.6 is 0 Å². The number of nitrogens with one attached hydrogen (secondary N) is 2. The molecule has 1 saturated carbocycles. The maximum atomic E-state index is 12.0. The Hall–Kier alpha value is -2.37. The van der Waals surface area contributed by atoms with E-state index in [9.17, 15) is 14.4 Å². The molecule has 4 amide bonds. The molecule has 0 bridgehead atoms. The van der Waals surface area contributed by atoms with Crippen molar-refractivity contribution in [2.75, 3.05) is 13.1 Å². The van der Waals surface area contributed by atoms with Crippen molar-refractivity contribution in [2.24, 2.45) is 0 Å². The van der Waals surface area contributed by atoms with E-state index in [-0.39, 0.29) is 43.3 Å². The van der Waals surface area contributed by atoms with Crippen LogP contribution in [0.5, 0.6) is 0 Å². The van der Waals surface area contributed by atoms with Crippen molar-refractivity contribution in [1.29, 1.82) is 0 Å². The van der Waals surface area contributed by atoms with E-state index in [0.29, 0.717) is 12.5 Å². The fourth-order valence-corrected chi connectivity index (χ4v) is 3.69. The van der Waals surface area contributed by atoms with E-state index in [1.54, 1.807) is 0 Å². The zero-order chi connectivity index (χ0) is 17.6. The molecule has 25 heavy (non-hydrogen) atoms. The lowest BCUT2D eigenvalue weighted by Gasteiger charge is -2.29. The second-order valence-corrected chi connectivity index (χ2v) is 6.80. The van der Waals surface area contributed by atoms with Gasteiger partial charge in [0.25, 0.3) is 0 Å². The quantitative estimate of drug-likeness (QED) is 0.804. The van der Waals surface area contributed by atoms with Gasteiger partial charge in [-0.1, -0.05) is 30.3 Å². The minimum atomic E-state index is -0.220. The van der Waals surface area contributed by atoms with Crippen LogP contribution in [0.15, 0.2) is 30.3 Å². The smallest absolute Gasteiger partial charge is 0.315 e. The van der Waals surface area contributed by atoms with Gasteiger partial charge in [-0.2, -0.15) is 0 Å². The van der Waals surface area contributed by atoms with Gasteiger partial charge in [-0.3, -0.25) is 14.5 Å². The van der Waals surface area contributed by atoms with Crippen molar-refractivity contribution >= 4 is 17.8 Å². The summed E-state index contributed by atoms with van der Waals surface area (Å²) in [5.41, 5.74) is 1.38. The molecule has 0 atom stereocenters. The Kier molecular flexibility index (Phi) is 5.68. The average molecular weight is 343 g/mol. The van der Waals surface area contributed by atoms with Gasteiger partial charge in [0.15, 0.2) is 0 Å². The SMILES string of the molecule is O=C(NCCN1C(=O)CCC1=O)NC1CCC(c2ccccc2)CC1. The Balaban J connectivity index is 1.35. The summed E-state index contributed by atoms with van der Waals surface area (Å²) in [6.45, 7) is 0.550. The topological polar surface area (TPSA) is 78.5 Å². The first-order chi connectivity index (χ1) is 12.1. The number of benzene rings is 1. The second kappa shape index (κ2) is 8.14. The van der Waals surface area contributed by atoms with Crippen molar-refractivity contribution in [3.8, 4) is 0 Å². The Morgan fingerprint density at radius 1 is 1.00 bits per heavy atom. The van der Waals surface area contributed by atoms with Crippen molar-refractivity contribution in [3.05, 3.63) is 35.9 Å². The third-order valence-electron chi connectivity index (χ3n) is 5.11. The summed E-state index contributed by atoms with van der Waals surface area (Å²) in [5.74, 6) is 0.285. The molecule has 2 fully saturated rings. The molecule has 1 saturated heterocycles. The van der Waals surface area contributed by atoms with E-state index in [2.05, 4.69) is 34.9 Å². The number of carbonyl (C=O) groups excluding carboxylic acids is 3. The fraction of sp³-hybridized carbons (Fsp3) is 0.526. The first-order valence-corrected chi connectivity index (χ1v) is 9.06. The molecule has 1 aromatic rings. The van der Waals surface area contributed by atoms with Crippen LogP contribution in [-0.2, 0) is 9.59 Å². The van der Waals surface area contributed by atoms with E-state index in [4.69, 9.17) is 0 Å². The summed E-state index contributed by atoms with van der Waals surface area (Å²) < 4.78 is 0. The predicted octanol–water partition coefficient (Wildman–Crippen LogP) is 2.16. The molecule has 0 unspecified atom stereocenters. The summed E-state index contributed by atoms with van der Waals surface area (Å²) >= 11 is 0. The normalized spacial score (nSPS) is 23.6. The summed E-state index contributed by atoms with van der Waals surface area (Å²) in [5, 5.41) is 5.74. The average Bonchev–Trinajstić information content (AvgIpc) is 2.95. The molecule has 0 aromatic heterocycles. The first-order valence-electron chi connectivity index (χ1n) is 9.06. The maximum absolute atomic E-state index is 12.0. The number of imide groups is 1. The summed E-state index contributed by atoms with van der Waals surface area (Å²) in [4.78, 5) is 36.2. The van der Waals surface area contributed by atoms with Gasteiger partial charge in [0.1, 0.15) is 0 Å². The van der Waals surface area contributed by atoms with Gasteiger partial charge in [-0.25, -0.2) is 4.79 Å². The molecule has 1 heterocycles. The lowest BCUT2D eigenvalue weighted by molar-refractivity contribution is -0.138. The number of urea groups is 1. The van der Waals surface area contributed by atoms with Crippen LogP contribution < -0.4 is 10.6 Å². The highest BCUT2D eigenvalue weighted by Crippen LogP contribution is 2.32. The third kappa shape index (κ3) is 4.59. The summed E-state index contributed by atoms with van der Waals surface area (Å²) in [6.07, 6.45) is 4.66. The molecule has 6 heteroatoms. The van der Waals surface area contributed by atoms with Crippen LogP contribution in [0.4, 0.5) is 4.79 Å². The highest BCUT2D eigenvalue weighted by molar-refractivity contribution is 6.01. The minimum absolute atomic E-state index is 0.147. The number of amides is 4. The van der Waals surface area contributed by atoms with E-state index in [1.165, 1.54) is 10.5 Å². The number of likely N-dealkylation sites (tertiary alicyclic amines) is 1. The number of rotatable bonds is 5. The van der Waals surface area contributed by atoms with Crippen LogP contribution in [0.25, 0.3) is 0 Å². The van der Waals surface area contributed by atoms with Gasteiger partial charge in [0.05, 0.1) is 0 Å². The second-order valence-electron chi connectivity index (χ2n) is 6.80. The monoisotopic (exact) mass is 343 g/mol. The largest absolute Gasteiger partial charge is 0.336 e. The molecule has 3 rings (SSSR count). The summed E-state index contributed by atoms with van der Waals surface area (Å²) in [6, 6.07) is 10.5. The van der Waals surface area contributed by atoms with Crippen LogP contribution in [0, 0.1) is 0 Å². The van der Waals surface area contributed by atoms with Gasteiger partial charge in [0.2, 0.25) is 11.8 Å². The molecule has 2 N–H and O–H groups in total. The number of hydrogen-bond donors (Lipinski definition) is 2. The van der Waals surface area contributed by atoms with Crippen molar-refractivity contribution in [1.82, 2.24) is 15.5 Å². The molecule has 1 aromatic carbocycles. The molecular weight excluding hydrogens is 318 g/mol. The lowest BCUT2D eigenvalue weighted by atomic mass is 9.82. The van der Waals surface area contributed by atoms with Gasteiger partial charge >= 0.3 is 6.03 Å². The molecule has 1 aliphatic heterocycles. The van der Waals surface area contributed by atoms with E-state index >= 15 is 0 Å².